The summed E-state index contributed by atoms with van der Waals surface area (Å²) in [5.74, 6) is 0.116. The number of hydrogen-bond donors (Lipinski definition) is 3. The summed E-state index contributed by atoms with van der Waals surface area (Å²) in [4.78, 5) is 37.4. The molecule has 1 aliphatic carbocycles. The summed E-state index contributed by atoms with van der Waals surface area (Å²) in [6.45, 7) is 4.77. The maximum absolute atomic E-state index is 13.4. The molecule has 3 atom stereocenters. The Morgan fingerprint density at radius 1 is 1.21 bits per heavy atom. The number of nitrogens with one attached hydrogen (secondary N) is 1. The summed E-state index contributed by atoms with van der Waals surface area (Å²) in [6, 6.07) is 7.19. The number of aliphatic hydroxyl groups excluding tert-OH is 1. The average Bonchev–Trinajstić information content (AvgIpc) is 3.11. The van der Waals surface area contributed by atoms with Crippen molar-refractivity contribution in [3.8, 4) is 0 Å². The minimum absolute atomic E-state index is 0.00794. The zero-order chi connectivity index (χ0) is 23.5. The number of carbonyl (C=O) groups excluding carboxylic acids is 2. The number of anilines is 1. The smallest absolute Gasteiger partial charge is 0.231 e. The number of fused-ring (bicyclic) bond motifs is 1. The van der Waals surface area contributed by atoms with Gasteiger partial charge in [-0.15, -0.1) is 0 Å². The number of aliphatic hydroxyl groups is 1. The number of hydrogen-bond acceptors (Lipinski definition) is 7. The fourth-order valence-corrected chi connectivity index (χ4v) is 4.82. The van der Waals surface area contributed by atoms with Gasteiger partial charge >= 0.3 is 0 Å². The van der Waals surface area contributed by atoms with Crippen LogP contribution in [0.3, 0.4) is 0 Å². The van der Waals surface area contributed by atoms with E-state index in [4.69, 9.17) is 17.3 Å². The number of primary amides is 1. The van der Waals surface area contributed by atoms with E-state index in [1.165, 1.54) is 6.33 Å². The van der Waals surface area contributed by atoms with Crippen LogP contribution in [0.25, 0.3) is 0 Å². The van der Waals surface area contributed by atoms with Gasteiger partial charge in [0.1, 0.15) is 12.1 Å². The van der Waals surface area contributed by atoms with Crippen molar-refractivity contribution in [2.75, 3.05) is 44.2 Å². The predicted molar refractivity (Wildman–Crippen MR) is 125 cm³/mol. The minimum Gasteiger partial charge on any atom is -0.387 e. The Bertz CT molecular complexity index is 1010. The van der Waals surface area contributed by atoms with Gasteiger partial charge in [0.25, 0.3) is 0 Å². The molecule has 33 heavy (non-hydrogen) atoms. The van der Waals surface area contributed by atoms with Crippen molar-refractivity contribution in [1.29, 1.82) is 0 Å². The van der Waals surface area contributed by atoms with Crippen LogP contribution in [0.4, 0.5) is 5.82 Å². The second-order valence-electron chi connectivity index (χ2n) is 8.66. The normalized spacial score (nSPS) is 21.1. The van der Waals surface area contributed by atoms with Gasteiger partial charge in [0.15, 0.2) is 0 Å². The Labute approximate surface area is 197 Å². The van der Waals surface area contributed by atoms with E-state index in [2.05, 4.69) is 27.1 Å². The topological polar surface area (TPSA) is 125 Å². The minimum atomic E-state index is -0.548. The SMILES string of the molecule is C[C@@H]1C[C@@H](O)c2ncnc(N3CCN(C(=O)C(CNCC(N)=O)c4ccc(Cl)cc4)CC3)c21. The van der Waals surface area contributed by atoms with E-state index in [1.807, 2.05) is 17.0 Å². The lowest BCUT2D eigenvalue weighted by Crippen LogP contribution is -2.51. The van der Waals surface area contributed by atoms with E-state index < -0.39 is 17.9 Å². The first-order valence-corrected chi connectivity index (χ1v) is 11.5. The van der Waals surface area contributed by atoms with Gasteiger partial charge in [-0.3, -0.25) is 9.59 Å². The number of nitrogens with two attached hydrogens (primary N) is 1. The van der Waals surface area contributed by atoms with E-state index in [9.17, 15) is 14.7 Å². The highest BCUT2D eigenvalue weighted by Crippen LogP contribution is 2.42. The van der Waals surface area contributed by atoms with Crippen LogP contribution in [0, 0.1) is 0 Å². The second kappa shape index (κ2) is 10.0. The molecule has 176 valence electrons. The van der Waals surface area contributed by atoms with Gasteiger partial charge in [-0.1, -0.05) is 30.7 Å². The molecule has 0 radical (unpaired) electrons. The van der Waals surface area contributed by atoms with Crippen molar-refractivity contribution in [3.63, 3.8) is 0 Å². The van der Waals surface area contributed by atoms with Gasteiger partial charge in [-0.05, 0) is 30.0 Å². The van der Waals surface area contributed by atoms with E-state index in [0.717, 1.165) is 16.9 Å². The van der Waals surface area contributed by atoms with Crippen LogP contribution in [-0.2, 0) is 9.59 Å². The lowest BCUT2D eigenvalue weighted by molar-refractivity contribution is -0.133. The summed E-state index contributed by atoms with van der Waals surface area (Å²) >= 11 is 6.02. The molecular weight excluding hydrogens is 444 g/mol. The molecule has 1 unspecified atom stereocenters. The lowest BCUT2D eigenvalue weighted by Gasteiger charge is -2.38. The highest BCUT2D eigenvalue weighted by atomic mass is 35.5. The van der Waals surface area contributed by atoms with Gasteiger partial charge in [-0.2, -0.15) is 0 Å². The maximum atomic E-state index is 13.4. The summed E-state index contributed by atoms with van der Waals surface area (Å²) in [6.07, 6.45) is 1.61. The largest absolute Gasteiger partial charge is 0.387 e. The van der Waals surface area contributed by atoms with Crippen molar-refractivity contribution in [2.45, 2.75) is 31.3 Å². The standard InChI is InChI=1S/C23H29ClN6O3/c1-14-10-18(31)21-20(14)22(28-13-27-21)29-6-8-30(9-7-29)23(33)17(11-26-12-19(25)32)15-2-4-16(24)5-3-15/h2-5,13-14,17-18,26,31H,6-12H2,1H3,(H2,25,32)/t14-,17?,18-/m1/s1. The highest BCUT2D eigenvalue weighted by molar-refractivity contribution is 6.30. The number of rotatable bonds is 7. The predicted octanol–water partition coefficient (Wildman–Crippen LogP) is 1.18. The molecule has 0 bridgehead atoms. The Balaban J connectivity index is 1.46. The molecule has 2 heterocycles. The van der Waals surface area contributed by atoms with Gasteiger partial charge in [0.05, 0.1) is 24.3 Å². The Morgan fingerprint density at radius 3 is 2.58 bits per heavy atom. The van der Waals surface area contributed by atoms with Crippen LogP contribution in [-0.4, -0.2) is 71.1 Å². The number of nitrogens with zero attached hydrogens (tertiary/aromatic N) is 4. The summed E-state index contributed by atoms with van der Waals surface area (Å²) in [5, 5.41) is 13.9. The average molecular weight is 473 g/mol. The molecule has 1 aromatic carbocycles. The molecule has 4 rings (SSSR count). The molecule has 0 saturated carbocycles. The van der Waals surface area contributed by atoms with Crippen LogP contribution >= 0.6 is 11.6 Å². The van der Waals surface area contributed by atoms with Gasteiger partial charge < -0.3 is 26.0 Å². The van der Waals surface area contributed by atoms with Crippen molar-refractivity contribution in [1.82, 2.24) is 20.2 Å². The Hall–Kier alpha value is -2.75. The van der Waals surface area contributed by atoms with Crippen LogP contribution in [0.2, 0.25) is 5.02 Å². The molecule has 0 spiro atoms. The molecule has 1 fully saturated rings. The first-order valence-electron chi connectivity index (χ1n) is 11.2. The van der Waals surface area contributed by atoms with E-state index in [1.54, 1.807) is 12.1 Å². The number of carbonyl (C=O) groups is 2. The van der Waals surface area contributed by atoms with Crippen molar-refractivity contribution in [2.24, 2.45) is 5.73 Å². The molecule has 9 nitrogen and oxygen atoms in total. The number of piperazine rings is 1. The van der Waals surface area contributed by atoms with Crippen LogP contribution < -0.4 is 16.0 Å². The summed E-state index contributed by atoms with van der Waals surface area (Å²) in [7, 11) is 0. The number of aromatic nitrogens is 2. The van der Waals surface area contributed by atoms with Crippen LogP contribution in [0.5, 0.6) is 0 Å². The van der Waals surface area contributed by atoms with E-state index in [-0.39, 0.29) is 18.4 Å². The molecule has 1 saturated heterocycles. The molecule has 2 aromatic rings. The fraction of sp³-hybridized carbons (Fsp3) is 0.478. The third-order valence-electron chi connectivity index (χ3n) is 6.39. The maximum Gasteiger partial charge on any atom is 0.231 e. The Morgan fingerprint density at radius 2 is 1.91 bits per heavy atom. The third-order valence-corrected chi connectivity index (χ3v) is 6.64. The quantitative estimate of drug-likeness (QED) is 0.552. The molecular formula is C23H29ClN6O3. The number of halogens is 1. The molecule has 4 N–H and O–H groups in total. The molecule has 1 aromatic heterocycles. The molecule has 1 aliphatic heterocycles. The Kier molecular flexibility index (Phi) is 7.11. The molecule has 2 amide bonds. The second-order valence-corrected chi connectivity index (χ2v) is 9.10. The van der Waals surface area contributed by atoms with Gasteiger partial charge in [0.2, 0.25) is 11.8 Å². The van der Waals surface area contributed by atoms with E-state index in [0.29, 0.717) is 49.9 Å². The molecule has 2 aliphatic rings. The number of benzene rings is 1. The first kappa shape index (κ1) is 23.4. The van der Waals surface area contributed by atoms with Gasteiger partial charge in [0, 0.05) is 43.3 Å². The van der Waals surface area contributed by atoms with Crippen LogP contribution in [0.15, 0.2) is 30.6 Å². The van der Waals surface area contributed by atoms with Crippen molar-refractivity contribution < 1.29 is 14.7 Å². The van der Waals surface area contributed by atoms with Gasteiger partial charge in [-0.25, -0.2) is 9.97 Å². The fourth-order valence-electron chi connectivity index (χ4n) is 4.70. The summed E-state index contributed by atoms with van der Waals surface area (Å²) in [5.41, 5.74) is 7.80. The monoisotopic (exact) mass is 472 g/mol. The first-order chi connectivity index (χ1) is 15.8. The van der Waals surface area contributed by atoms with Crippen molar-refractivity contribution in [3.05, 3.63) is 52.4 Å². The van der Waals surface area contributed by atoms with E-state index >= 15 is 0 Å². The zero-order valence-electron chi connectivity index (χ0n) is 18.6. The lowest BCUT2D eigenvalue weighted by atomic mass is 9.97. The molecule has 10 heteroatoms. The number of amides is 2. The summed E-state index contributed by atoms with van der Waals surface area (Å²) < 4.78 is 0. The van der Waals surface area contributed by atoms with Crippen molar-refractivity contribution >= 4 is 29.2 Å². The third kappa shape index (κ3) is 5.10. The van der Waals surface area contributed by atoms with Crippen LogP contribution in [0.1, 0.15) is 48.1 Å². The highest BCUT2D eigenvalue weighted by Gasteiger charge is 2.35. The zero-order valence-corrected chi connectivity index (χ0v) is 19.3.